The largest absolute Gasteiger partial charge is 0.351 e. The van der Waals surface area contributed by atoms with Crippen LogP contribution in [0.25, 0.3) is 0 Å². The predicted molar refractivity (Wildman–Crippen MR) is 75.5 cm³/mol. The van der Waals surface area contributed by atoms with Crippen molar-refractivity contribution >= 4 is 33.2 Å². The first kappa shape index (κ1) is 13.1. The zero-order valence-corrected chi connectivity index (χ0v) is 12.4. The van der Waals surface area contributed by atoms with Crippen molar-refractivity contribution in [2.24, 2.45) is 11.8 Å². The predicted octanol–water partition coefficient (Wildman–Crippen LogP) is 4.07. The SMILES string of the molecule is CC1CCCCC1CNC(=O)c1ccc(Br)s1. The van der Waals surface area contributed by atoms with Crippen LogP contribution in [-0.2, 0) is 0 Å². The van der Waals surface area contributed by atoms with E-state index in [1.165, 1.54) is 37.0 Å². The van der Waals surface area contributed by atoms with Crippen LogP contribution in [0.2, 0.25) is 0 Å². The fourth-order valence-electron chi connectivity index (χ4n) is 2.44. The maximum Gasteiger partial charge on any atom is 0.261 e. The van der Waals surface area contributed by atoms with Gasteiger partial charge in [0.2, 0.25) is 0 Å². The van der Waals surface area contributed by atoms with Gasteiger partial charge in [0.1, 0.15) is 0 Å². The molecule has 94 valence electrons. The smallest absolute Gasteiger partial charge is 0.261 e. The zero-order chi connectivity index (χ0) is 12.3. The van der Waals surface area contributed by atoms with Crippen molar-refractivity contribution in [1.82, 2.24) is 5.32 Å². The van der Waals surface area contributed by atoms with Crippen molar-refractivity contribution in [1.29, 1.82) is 0 Å². The third-order valence-electron chi connectivity index (χ3n) is 3.61. The van der Waals surface area contributed by atoms with E-state index in [0.717, 1.165) is 21.1 Å². The molecule has 2 unspecified atom stereocenters. The highest BCUT2D eigenvalue weighted by Gasteiger charge is 2.21. The quantitative estimate of drug-likeness (QED) is 0.895. The molecule has 0 spiro atoms. The highest BCUT2D eigenvalue weighted by atomic mass is 79.9. The Bertz CT molecular complexity index is 391. The minimum Gasteiger partial charge on any atom is -0.351 e. The topological polar surface area (TPSA) is 29.1 Å². The first-order valence-corrected chi connectivity index (χ1v) is 7.81. The molecule has 1 amide bonds. The molecular formula is C13H18BrNOS. The second-order valence-corrected chi connectivity index (χ2v) is 7.30. The Kier molecular flexibility index (Phi) is 4.62. The molecule has 0 saturated heterocycles. The number of carbonyl (C=O) groups excluding carboxylic acids is 1. The maximum atomic E-state index is 11.9. The first-order valence-electron chi connectivity index (χ1n) is 6.20. The fourth-order valence-corrected chi connectivity index (χ4v) is 3.75. The summed E-state index contributed by atoms with van der Waals surface area (Å²) in [6, 6.07) is 3.79. The van der Waals surface area contributed by atoms with E-state index in [0.29, 0.717) is 5.92 Å². The van der Waals surface area contributed by atoms with E-state index in [1.54, 1.807) is 0 Å². The number of hydrogen-bond acceptors (Lipinski definition) is 2. The third kappa shape index (κ3) is 3.55. The lowest BCUT2D eigenvalue weighted by Crippen LogP contribution is -2.33. The molecule has 1 aliphatic rings. The van der Waals surface area contributed by atoms with E-state index in [-0.39, 0.29) is 5.91 Å². The van der Waals surface area contributed by atoms with Crippen LogP contribution in [0.4, 0.5) is 0 Å². The number of carbonyl (C=O) groups is 1. The van der Waals surface area contributed by atoms with Crippen molar-refractivity contribution in [3.63, 3.8) is 0 Å². The molecule has 0 aliphatic heterocycles. The Morgan fingerprint density at radius 3 is 2.88 bits per heavy atom. The van der Waals surface area contributed by atoms with Crippen LogP contribution in [-0.4, -0.2) is 12.5 Å². The average Bonchev–Trinajstić information content (AvgIpc) is 2.74. The molecule has 1 saturated carbocycles. The standard InChI is InChI=1S/C13H18BrNOS/c1-9-4-2-3-5-10(9)8-15-13(16)11-6-7-12(14)17-11/h6-7,9-10H,2-5,8H2,1H3,(H,15,16). The van der Waals surface area contributed by atoms with Crippen molar-refractivity contribution in [2.45, 2.75) is 32.6 Å². The summed E-state index contributed by atoms with van der Waals surface area (Å²) in [6.07, 6.45) is 5.24. The molecule has 4 heteroatoms. The normalized spacial score (nSPS) is 24.6. The summed E-state index contributed by atoms with van der Waals surface area (Å²) >= 11 is 4.86. The summed E-state index contributed by atoms with van der Waals surface area (Å²) in [4.78, 5) is 12.7. The van der Waals surface area contributed by atoms with Crippen molar-refractivity contribution < 1.29 is 4.79 Å². The van der Waals surface area contributed by atoms with Gasteiger partial charge in [0.25, 0.3) is 5.91 Å². The van der Waals surface area contributed by atoms with Crippen LogP contribution in [0.3, 0.4) is 0 Å². The molecule has 1 fully saturated rings. The second kappa shape index (κ2) is 6.01. The summed E-state index contributed by atoms with van der Waals surface area (Å²) in [7, 11) is 0. The van der Waals surface area contributed by atoms with Crippen LogP contribution in [0.5, 0.6) is 0 Å². The highest BCUT2D eigenvalue weighted by Crippen LogP contribution is 2.29. The molecule has 2 nitrogen and oxygen atoms in total. The third-order valence-corrected chi connectivity index (χ3v) is 5.23. The number of nitrogens with one attached hydrogen (secondary N) is 1. The maximum absolute atomic E-state index is 11.9. The van der Waals surface area contributed by atoms with Crippen LogP contribution in [0, 0.1) is 11.8 Å². The number of amides is 1. The van der Waals surface area contributed by atoms with E-state index in [1.807, 2.05) is 12.1 Å². The van der Waals surface area contributed by atoms with Gasteiger partial charge in [-0.15, -0.1) is 11.3 Å². The molecule has 0 radical (unpaired) electrons. The molecule has 2 atom stereocenters. The molecule has 1 aromatic heterocycles. The molecule has 1 aromatic rings. The number of rotatable bonds is 3. The highest BCUT2D eigenvalue weighted by molar-refractivity contribution is 9.11. The minimum absolute atomic E-state index is 0.0680. The molecular weight excluding hydrogens is 298 g/mol. The molecule has 17 heavy (non-hydrogen) atoms. The minimum atomic E-state index is 0.0680. The number of hydrogen-bond donors (Lipinski definition) is 1. The first-order chi connectivity index (χ1) is 8.16. The molecule has 1 aliphatic carbocycles. The summed E-state index contributed by atoms with van der Waals surface area (Å²) in [6.45, 7) is 3.13. The van der Waals surface area contributed by atoms with E-state index < -0.39 is 0 Å². The van der Waals surface area contributed by atoms with Gasteiger partial charge in [-0.3, -0.25) is 4.79 Å². The Labute approximate surface area is 115 Å². The van der Waals surface area contributed by atoms with E-state index in [4.69, 9.17) is 0 Å². The van der Waals surface area contributed by atoms with E-state index >= 15 is 0 Å². The summed E-state index contributed by atoms with van der Waals surface area (Å²) in [5.41, 5.74) is 0. The van der Waals surface area contributed by atoms with Gasteiger partial charge in [-0.2, -0.15) is 0 Å². The van der Waals surface area contributed by atoms with Crippen LogP contribution in [0.15, 0.2) is 15.9 Å². The average molecular weight is 316 g/mol. The molecule has 1 heterocycles. The van der Waals surface area contributed by atoms with Gasteiger partial charge >= 0.3 is 0 Å². The number of halogens is 1. The monoisotopic (exact) mass is 315 g/mol. The molecule has 2 rings (SSSR count). The van der Waals surface area contributed by atoms with Gasteiger partial charge < -0.3 is 5.32 Å². The summed E-state index contributed by atoms with van der Waals surface area (Å²) < 4.78 is 1.01. The van der Waals surface area contributed by atoms with Crippen LogP contribution in [0.1, 0.15) is 42.3 Å². The number of thiophene rings is 1. The van der Waals surface area contributed by atoms with E-state index in [9.17, 15) is 4.79 Å². The van der Waals surface area contributed by atoms with Crippen molar-refractivity contribution in [2.75, 3.05) is 6.54 Å². The van der Waals surface area contributed by atoms with Gasteiger partial charge in [-0.05, 0) is 46.3 Å². The fraction of sp³-hybridized carbons (Fsp3) is 0.615. The van der Waals surface area contributed by atoms with Crippen LogP contribution >= 0.6 is 27.3 Å². The van der Waals surface area contributed by atoms with Gasteiger partial charge in [0.05, 0.1) is 8.66 Å². The van der Waals surface area contributed by atoms with Gasteiger partial charge in [-0.1, -0.05) is 26.2 Å². The van der Waals surface area contributed by atoms with Gasteiger partial charge in [-0.25, -0.2) is 0 Å². The van der Waals surface area contributed by atoms with Crippen LogP contribution < -0.4 is 5.32 Å². The van der Waals surface area contributed by atoms with E-state index in [2.05, 4.69) is 28.2 Å². The Morgan fingerprint density at radius 1 is 1.47 bits per heavy atom. The molecule has 0 bridgehead atoms. The lowest BCUT2D eigenvalue weighted by molar-refractivity contribution is 0.0940. The lowest BCUT2D eigenvalue weighted by Gasteiger charge is -2.28. The lowest BCUT2D eigenvalue weighted by atomic mass is 9.80. The summed E-state index contributed by atoms with van der Waals surface area (Å²) in [5.74, 6) is 1.48. The molecule has 1 N–H and O–H groups in total. The Hall–Kier alpha value is -0.350. The van der Waals surface area contributed by atoms with Gasteiger partial charge in [0.15, 0.2) is 0 Å². The Balaban J connectivity index is 1.83. The van der Waals surface area contributed by atoms with Gasteiger partial charge in [0, 0.05) is 6.54 Å². The van der Waals surface area contributed by atoms with Crippen molar-refractivity contribution in [3.8, 4) is 0 Å². The Morgan fingerprint density at radius 2 is 2.24 bits per heavy atom. The second-order valence-electron chi connectivity index (χ2n) is 4.84. The summed E-state index contributed by atoms with van der Waals surface area (Å²) in [5, 5.41) is 3.06. The zero-order valence-electron chi connectivity index (χ0n) is 10.0. The van der Waals surface area contributed by atoms with Crippen molar-refractivity contribution in [3.05, 3.63) is 20.8 Å². The molecule has 0 aromatic carbocycles.